The van der Waals surface area contributed by atoms with Crippen molar-refractivity contribution in [2.24, 2.45) is 0 Å². The van der Waals surface area contributed by atoms with Crippen LogP contribution in [0.1, 0.15) is 30.6 Å². The van der Waals surface area contributed by atoms with Crippen molar-refractivity contribution < 1.29 is 4.79 Å². The lowest BCUT2D eigenvalue weighted by molar-refractivity contribution is -0.136. The zero-order chi connectivity index (χ0) is 18.8. The molecule has 0 radical (unpaired) electrons. The number of nitrogens with one attached hydrogen (secondary N) is 1. The summed E-state index contributed by atoms with van der Waals surface area (Å²) in [5, 5.41) is 4.21. The molecule has 7 nitrogen and oxygen atoms in total. The Morgan fingerprint density at radius 1 is 1.26 bits per heavy atom. The van der Waals surface area contributed by atoms with E-state index >= 15 is 0 Å². The molecule has 1 amide bonds. The largest absolute Gasteiger partial charge is 0.335 e. The fourth-order valence-corrected chi connectivity index (χ4v) is 3.51. The van der Waals surface area contributed by atoms with Gasteiger partial charge in [0.1, 0.15) is 11.9 Å². The number of aromatic nitrogens is 4. The van der Waals surface area contributed by atoms with E-state index in [1.807, 2.05) is 43.3 Å². The molecule has 27 heavy (non-hydrogen) atoms. The van der Waals surface area contributed by atoms with Gasteiger partial charge in [0, 0.05) is 30.1 Å². The van der Waals surface area contributed by atoms with Gasteiger partial charge in [-0.3, -0.25) is 14.3 Å². The second-order valence-corrected chi connectivity index (χ2v) is 6.63. The predicted molar refractivity (Wildman–Crippen MR) is 101 cm³/mol. The summed E-state index contributed by atoms with van der Waals surface area (Å²) in [7, 11) is 0. The van der Waals surface area contributed by atoms with Crippen LogP contribution in [0.25, 0.3) is 11.4 Å². The average molecular weight is 363 g/mol. The first-order valence-electron chi connectivity index (χ1n) is 9.12. The van der Waals surface area contributed by atoms with Gasteiger partial charge in [-0.05, 0) is 18.9 Å². The standard InChI is InChI=1S/C20H21N5O2/c1-2-17(25-11-6-10-21-25)20(27)24-12-9-15-16(13-24)22-18(23-19(15)26)14-7-4-3-5-8-14/h3-8,10-11,17H,2,9,12-13H2,1H3,(H,22,23,26)/t17-/m1/s1. The predicted octanol–water partition coefficient (Wildman–Crippen LogP) is 2.17. The molecule has 0 saturated carbocycles. The molecule has 1 atom stereocenters. The van der Waals surface area contributed by atoms with Crippen molar-refractivity contribution in [2.75, 3.05) is 6.54 Å². The first-order chi connectivity index (χ1) is 13.2. The van der Waals surface area contributed by atoms with E-state index in [0.717, 1.165) is 5.56 Å². The molecule has 4 rings (SSSR count). The van der Waals surface area contributed by atoms with Crippen molar-refractivity contribution in [3.8, 4) is 11.4 Å². The van der Waals surface area contributed by atoms with Crippen LogP contribution in [-0.2, 0) is 17.8 Å². The lowest BCUT2D eigenvalue weighted by Crippen LogP contribution is -2.42. The van der Waals surface area contributed by atoms with Crippen LogP contribution in [0.2, 0.25) is 0 Å². The molecule has 3 aromatic rings. The molecule has 0 fully saturated rings. The molecular weight excluding hydrogens is 342 g/mol. The molecule has 0 unspecified atom stereocenters. The third-order valence-corrected chi connectivity index (χ3v) is 4.95. The van der Waals surface area contributed by atoms with Gasteiger partial charge < -0.3 is 9.88 Å². The molecule has 0 saturated heterocycles. The fourth-order valence-electron chi connectivity index (χ4n) is 3.51. The van der Waals surface area contributed by atoms with Gasteiger partial charge in [-0.2, -0.15) is 5.10 Å². The molecule has 1 aromatic carbocycles. The van der Waals surface area contributed by atoms with E-state index in [2.05, 4.69) is 15.1 Å². The highest BCUT2D eigenvalue weighted by atomic mass is 16.2. The Balaban J connectivity index is 1.63. The average Bonchev–Trinajstić information content (AvgIpc) is 3.23. The fraction of sp³-hybridized carbons (Fsp3) is 0.300. The van der Waals surface area contributed by atoms with Gasteiger partial charge in [0.15, 0.2) is 0 Å². The lowest BCUT2D eigenvalue weighted by atomic mass is 10.0. The molecule has 2 aromatic heterocycles. The van der Waals surface area contributed by atoms with Crippen molar-refractivity contribution in [3.05, 3.63) is 70.4 Å². The summed E-state index contributed by atoms with van der Waals surface area (Å²) in [6.07, 6.45) is 4.64. The molecule has 1 N–H and O–H groups in total. The van der Waals surface area contributed by atoms with Crippen LogP contribution < -0.4 is 5.56 Å². The van der Waals surface area contributed by atoms with Gasteiger partial charge in [-0.1, -0.05) is 37.3 Å². The highest BCUT2D eigenvalue weighted by Crippen LogP contribution is 2.22. The summed E-state index contributed by atoms with van der Waals surface area (Å²) >= 11 is 0. The highest BCUT2D eigenvalue weighted by molar-refractivity contribution is 5.80. The molecule has 0 bridgehead atoms. The quantitative estimate of drug-likeness (QED) is 0.770. The van der Waals surface area contributed by atoms with Crippen LogP contribution in [0.15, 0.2) is 53.6 Å². The van der Waals surface area contributed by atoms with Crippen LogP contribution in [0.4, 0.5) is 0 Å². The van der Waals surface area contributed by atoms with E-state index in [-0.39, 0.29) is 17.5 Å². The van der Waals surface area contributed by atoms with Crippen LogP contribution in [0.5, 0.6) is 0 Å². The van der Waals surface area contributed by atoms with Crippen molar-refractivity contribution >= 4 is 5.91 Å². The van der Waals surface area contributed by atoms with Crippen molar-refractivity contribution in [1.29, 1.82) is 0 Å². The number of amides is 1. The minimum atomic E-state index is -0.336. The third kappa shape index (κ3) is 3.28. The highest BCUT2D eigenvalue weighted by Gasteiger charge is 2.29. The topological polar surface area (TPSA) is 83.9 Å². The molecule has 3 heterocycles. The first kappa shape index (κ1) is 17.2. The van der Waals surface area contributed by atoms with Crippen LogP contribution in [0, 0.1) is 0 Å². The Morgan fingerprint density at radius 3 is 2.78 bits per heavy atom. The van der Waals surface area contributed by atoms with Gasteiger partial charge in [-0.25, -0.2) is 4.98 Å². The van der Waals surface area contributed by atoms with E-state index in [0.29, 0.717) is 43.0 Å². The third-order valence-electron chi connectivity index (χ3n) is 4.95. The van der Waals surface area contributed by atoms with Gasteiger partial charge in [-0.15, -0.1) is 0 Å². The number of aromatic amines is 1. The Hall–Kier alpha value is -3.22. The maximum absolute atomic E-state index is 13.0. The summed E-state index contributed by atoms with van der Waals surface area (Å²) in [6.45, 7) is 2.83. The van der Waals surface area contributed by atoms with Crippen LogP contribution in [-0.4, -0.2) is 37.1 Å². The number of hydrogen-bond donors (Lipinski definition) is 1. The smallest absolute Gasteiger partial charge is 0.254 e. The van der Waals surface area contributed by atoms with Gasteiger partial charge >= 0.3 is 0 Å². The minimum absolute atomic E-state index is 0.00944. The normalized spacial score (nSPS) is 14.6. The van der Waals surface area contributed by atoms with E-state index in [1.54, 1.807) is 22.0 Å². The second kappa shape index (κ2) is 7.19. The number of hydrogen-bond acceptors (Lipinski definition) is 4. The maximum Gasteiger partial charge on any atom is 0.254 e. The Kier molecular flexibility index (Phi) is 4.58. The maximum atomic E-state index is 13.0. The van der Waals surface area contributed by atoms with E-state index in [4.69, 9.17) is 0 Å². The van der Waals surface area contributed by atoms with Gasteiger partial charge in [0.2, 0.25) is 5.91 Å². The lowest BCUT2D eigenvalue weighted by Gasteiger charge is -2.30. The Morgan fingerprint density at radius 2 is 2.07 bits per heavy atom. The molecule has 0 aliphatic carbocycles. The summed E-state index contributed by atoms with van der Waals surface area (Å²) in [5.41, 5.74) is 2.08. The SMILES string of the molecule is CC[C@H](C(=O)N1CCc2c(nc(-c3ccccc3)[nH]c2=O)C1)n1cccn1. The van der Waals surface area contributed by atoms with Crippen LogP contribution >= 0.6 is 0 Å². The number of carbonyl (C=O) groups excluding carboxylic acids is 1. The molecule has 1 aliphatic heterocycles. The van der Waals surface area contributed by atoms with Gasteiger partial charge in [0.05, 0.1) is 12.2 Å². The summed E-state index contributed by atoms with van der Waals surface area (Å²) < 4.78 is 1.69. The minimum Gasteiger partial charge on any atom is -0.335 e. The molecule has 138 valence electrons. The van der Waals surface area contributed by atoms with E-state index in [9.17, 15) is 9.59 Å². The Labute approximate surface area is 156 Å². The zero-order valence-electron chi connectivity index (χ0n) is 15.1. The number of fused-ring (bicyclic) bond motifs is 1. The number of benzene rings is 1. The molecule has 1 aliphatic rings. The van der Waals surface area contributed by atoms with Crippen molar-refractivity contribution in [3.63, 3.8) is 0 Å². The van der Waals surface area contributed by atoms with E-state index < -0.39 is 0 Å². The number of carbonyl (C=O) groups is 1. The van der Waals surface area contributed by atoms with Crippen molar-refractivity contribution in [1.82, 2.24) is 24.6 Å². The number of H-pyrrole nitrogens is 1. The van der Waals surface area contributed by atoms with Gasteiger partial charge in [0.25, 0.3) is 5.56 Å². The van der Waals surface area contributed by atoms with E-state index in [1.165, 1.54) is 0 Å². The van der Waals surface area contributed by atoms with Crippen LogP contribution in [0.3, 0.4) is 0 Å². The monoisotopic (exact) mass is 363 g/mol. The number of nitrogens with zero attached hydrogens (tertiary/aromatic N) is 4. The second-order valence-electron chi connectivity index (χ2n) is 6.63. The summed E-state index contributed by atoms with van der Waals surface area (Å²) in [4.78, 5) is 34.8. The summed E-state index contributed by atoms with van der Waals surface area (Å²) in [5.74, 6) is 0.544. The first-order valence-corrected chi connectivity index (χ1v) is 9.12. The number of rotatable bonds is 4. The van der Waals surface area contributed by atoms with Crippen molar-refractivity contribution in [2.45, 2.75) is 32.4 Å². The summed E-state index contributed by atoms with van der Waals surface area (Å²) in [6, 6.07) is 11.0. The molecular formula is C20H21N5O2. The molecule has 7 heteroatoms. The zero-order valence-corrected chi connectivity index (χ0v) is 15.1. The Bertz CT molecular complexity index is 995. The molecule has 0 spiro atoms.